The highest BCUT2D eigenvalue weighted by Crippen LogP contribution is 2.40. The van der Waals surface area contributed by atoms with E-state index in [2.05, 4.69) is 26.6 Å². The van der Waals surface area contributed by atoms with Crippen molar-refractivity contribution in [1.82, 2.24) is 0 Å². The minimum Gasteiger partial charge on any atom is -0.326 e. The molecule has 2 amide bonds. The summed E-state index contributed by atoms with van der Waals surface area (Å²) in [6, 6.07) is 13.2. The zero-order chi connectivity index (χ0) is 17.3. The van der Waals surface area contributed by atoms with Gasteiger partial charge in [-0.3, -0.25) is 9.59 Å². The first-order valence-electron chi connectivity index (χ1n) is 7.88. The summed E-state index contributed by atoms with van der Waals surface area (Å²) in [6.45, 7) is 4.04. The lowest BCUT2D eigenvalue weighted by atomic mass is 10.1. The Morgan fingerprint density at radius 3 is 2.00 bits per heavy atom. The van der Waals surface area contributed by atoms with Crippen LogP contribution in [0.5, 0.6) is 0 Å². The summed E-state index contributed by atoms with van der Waals surface area (Å²) in [7, 11) is 0. The molecule has 1 fully saturated rings. The minimum atomic E-state index is -0.250. The predicted octanol–water partition coefficient (Wildman–Crippen LogP) is 4.28. The molecule has 2 atom stereocenters. The third-order valence-corrected chi connectivity index (χ3v) is 4.88. The number of carbonyl (C=O) groups is 2. The summed E-state index contributed by atoms with van der Waals surface area (Å²) in [5.74, 6) is -0.686. The van der Waals surface area contributed by atoms with E-state index in [4.69, 9.17) is 0 Å². The Labute approximate surface area is 149 Å². The van der Waals surface area contributed by atoms with Crippen molar-refractivity contribution in [2.75, 3.05) is 10.6 Å². The first kappa shape index (κ1) is 16.7. The number of anilines is 2. The van der Waals surface area contributed by atoms with Gasteiger partial charge in [0.1, 0.15) is 0 Å². The molecule has 5 heteroatoms. The van der Waals surface area contributed by atoms with Gasteiger partial charge in [-0.2, -0.15) is 0 Å². The first-order valence-corrected chi connectivity index (χ1v) is 8.68. The third-order valence-electron chi connectivity index (χ3n) is 4.35. The molecule has 0 heterocycles. The van der Waals surface area contributed by atoms with Crippen molar-refractivity contribution < 1.29 is 9.59 Å². The van der Waals surface area contributed by atoms with E-state index >= 15 is 0 Å². The maximum Gasteiger partial charge on any atom is 0.228 e. The van der Waals surface area contributed by atoms with Crippen molar-refractivity contribution >= 4 is 39.1 Å². The molecule has 124 valence electrons. The molecule has 0 spiro atoms. The van der Waals surface area contributed by atoms with Crippen LogP contribution in [0, 0.1) is 25.7 Å². The van der Waals surface area contributed by atoms with Crippen LogP contribution in [-0.2, 0) is 9.59 Å². The monoisotopic (exact) mass is 386 g/mol. The number of rotatable bonds is 4. The summed E-state index contributed by atoms with van der Waals surface area (Å²) in [4.78, 5) is 24.5. The van der Waals surface area contributed by atoms with Crippen molar-refractivity contribution in [3.05, 3.63) is 58.1 Å². The Kier molecular flexibility index (Phi) is 4.71. The van der Waals surface area contributed by atoms with Crippen LogP contribution in [-0.4, -0.2) is 11.8 Å². The summed E-state index contributed by atoms with van der Waals surface area (Å²) in [6.07, 6.45) is 0.596. The first-order chi connectivity index (χ1) is 11.4. The van der Waals surface area contributed by atoms with Crippen molar-refractivity contribution in [3.8, 4) is 0 Å². The number of halogens is 1. The minimum absolute atomic E-state index is 0.0887. The van der Waals surface area contributed by atoms with E-state index in [-0.39, 0.29) is 23.7 Å². The summed E-state index contributed by atoms with van der Waals surface area (Å²) in [5, 5.41) is 5.76. The number of amides is 2. The molecule has 2 aromatic rings. The summed E-state index contributed by atoms with van der Waals surface area (Å²) in [5.41, 5.74) is 3.84. The second kappa shape index (κ2) is 6.77. The number of nitrogens with one attached hydrogen (secondary N) is 2. The highest BCUT2D eigenvalue weighted by atomic mass is 79.9. The van der Waals surface area contributed by atoms with Crippen molar-refractivity contribution in [2.45, 2.75) is 20.3 Å². The maximum absolute atomic E-state index is 12.3. The van der Waals surface area contributed by atoms with Gasteiger partial charge >= 0.3 is 0 Å². The zero-order valence-electron chi connectivity index (χ0n) is 13.6. The van der Waals surface area contributed by atoms with Crippen LogP contribution in [0.2, 0.25) is 0 Å². The molecule has 2 unspecified atom stereocenters. The van der Waals surface area contributed by atoms with Gasteiger partial charge in [0.25, 0.3) is 0 Å². The van der Waals surface area contributed by atoms with E-state index in [1.165, 1.54) is 5.56 Å². The molecular weight excluding hydrogens is 368 g/mol. The number of aryl methyl sites for hydroxylation is 2. The quantitative estimate of drug-likeness (QED) is 0.823. The SMILES string of the molecule is Cc1ccc(NC(=O)C2CC2C(=O)Nc2ccc(Br)cc2)cc1C. The molecule has 24 heavy (non-hydrogen) atoms. The fourth-order valence-corrected chi connectivity index (χ4v) is 2.86. The molecule has 1 aliphatic rings. The molecule has 0 aliphatic heterocycles. The van der Waals surface area contributed by atoms with Crippen LogP contribution in [0.3, 0.4) is 0 Å². The highest BCUT2D eigenvalue weighted by Gasteiger charge is 2.48. The van der Waals surface area contributed by atoms with Gasteiger partial charge < -0.3 is 10.6 Å². The fourth-order valence-electron chi connectivity index (χ4n) is 2.60. The zero-order valence-corrected chi connectivity index (χ0v) is 15.2. The Hall–Kier alpha value is -2.14. The second-order valence-corrected chi connectivity index (χ2v) is 7.15. The van der Waals surface area contributed by atoms with Gasteiger partial charge in [0.2, 0.25) is 11.8 Å². The predicted molar refractivity (Wildman–Crippen MR) is 98.9 cm³/mol. The van der Waals surface area contributed by atoms with E-state index in [0.717, 1.165) is 21.4 Å². The normalized spacial score (nSPS) is 18.8. The van der Waals surface area contributed by atoms with Crippen molar-refractivity contribution in [1.29, 1.82) is 0 Å². The lowest BCUT2D eigenvalue weighted by Gasteiger charge is -2.08. The molecule has 2 N–H and O–H groups in total. The van der Waals surface area contributed by atoms with Gasteiger partial charge in [-0.15, -0.1) is 0 Å². The maximum atomic E-state index is 12.3. The van der Waals surface area contributed by atoms with E-state index in [0.29, 0.717) is 6.42 Å². The lowest BCUT2D eigenvalue weighted by Crippen LogP contribution is -2.20. The third kappa shape index (κ3) is 3.85. The van der Waals surface area contributed by atoms with Crippen LogP contribution in [0.4, 0.5) is 11.4 Å². The Morgan fingerprint density at radius 1 is 0.875 bits per heavy atom. The number of benzene rings is 2. The second-order valence-electron chi connectivity index (χ2n) is 6.23. The Balaban J connectivity index is 1.55. The topological polar surface area (TPSA) is 58.2 Å². The number of carbonyl (C=O) groups excluding carboxylic acids is 2. The van der Waals surface area contributed by atoms with E-state index in [1.54, 1.807) is 0 Å². The molecule has 0 bridgehead atoms. The van der Waals surface area contributed by atoms with Gasteiger partial charge in [0, 0.05) is 15.8 Å². The van der Waals surface area contributed by atoms with Crippen LogP contribution in [0.25, 0.3) is 0 Å². The van der Waals surface area contributed by atoms with Crippen LogP contribution in [0.1, 0.15) is 17.5 Å². The standard InChI is InChI=1S/C19H19BrN2O2/c1-11-3-6-15(9-12(11)2)22-19(24)17-10-16(17)18(23)21-14-7-4-13(20)5-8-14/h3-9,16-17H,10H2,1-2H3,(H,21,23)(H,22,24). The lowest BCUT2D eigenvalue weighted by molar-refractivity contribution is -0.122. The van der Waals surface area contributed by atoms with E-state index < -0.39 is 0 Å². The van der Waals surface area contributed by atoms with Gasteiger partial charge in [0.15, 0.2) is 0 Å². The largest absolute Gasteiger partial charge is 0.326 e. The average Bonchev–Trinajstić information content (AvgIpc) is 3.34. The van der Waals surface area contributed by atoms with Gasteiger partial charge in [-0.1, -0.05) is 22.0 Å². The van der Waals surface area contributed by atoms with Crippen LogP contribution < -0.4 is 10.6 Å². The van der Waals surface area contributed by atoms with Crippen molar-refractivity contribution in [2.24, 2.45) is 11.8 Å². The average molecular weight is 387 g/mol. The Bertz CT molecular complexity index is 786. The molecule has 0 radical (unpaired) electrons. The summed E-state index contributed by atoms with van der Waals surface area (Å²) < 4.78 is 0.956. The molecule has 2 aromatic carbocycles. The van der Waals surface area contributed by atoms with E-state index in [9.17, 15) is 9.59 Å². The van der Waals surface area contributed by atoms with Crippen LogP contribution >= 0.6 is 15.9 Å². The molecule has 4 nitrogen and oxygen atoms in total. The van der Waals surface area contributed by atoms with E-state index in [1.807, 2.05) is 56.3 Å². The molecule has 1 saturated carbocycles. The molecule has 0 aromatic heterocycles. The van der Waals surface area contributed by atoms with Gasteiger partial charge in [-0.25, -0.2) is 0 Å². The summed E-state index contributed by atoms with van der Waals surface area (Å²) >= 11 is 3.36. The number of hydrogen-bond donors (Lipinski definition) is 2. The van der Waals surface area contributed by atoms with Gasteiger partial charge in [0.05, 0.1) is 11.8 Å². The van der Waals surface area contributed by atoms with Crippen molar-refractivity contribution in [3.63, 3.8) is 0 Å². The highest BCUT2D eigenvalue weighted by molar-refractivity contribution is 9.10. The Morgan fingerprint density at radius 2 is 1.42 bits per heavy atom. The fraction of sp³-hybridized carbons (Fsp3) is 0.263. The smallest absolute Gasteiger partial charge is 0.228 e. The molecule has 0 saturated heterocycles. The molecule has 1 aliphatic carbocycles. The number of hydrogen-bond acceptors (Lipinski definition) is 2. The van der Waals surface area contributed by atoms with Crippen LogP contribution in [0.15, 0.2) is 46.9 Å². The molecular formula is C19H19BrN2O2. The molecule has 3 rings (SSSR count). The van der Waals surface area contributed by atoms with Gasteiger partial charge in [-0.05, 0) is 67.8 Å².